The number of Topliss-reactive ketones (excluding diaryl/α,β-unsaturated/α-hetero) is 1. The molecule has 0 fully saturated rings. The fourth-order valence-electron chi connectivity index (χ4n) is 2.44. The molecule has 1 aliphatic heterocycles. The molecule has 148 valence electrons. The van der Waals surface area contributed by atoms with E-state index in [2.05, 4.69) is 0 Å². The lowest BCUT2D eigenvalue weighted by Gasteiger charge is -2.15. The van der Waals surface area contributed by atoms with Crippen molar-refractivity contribution in [3.8, 4) is 11.5 Å². The van der Waals surface area contributed by atoms with Crippen LogP contribution in [0.4, 0.5) is 0 Å². The zero-order valence-corrected chi connectivity index (χ0v) is 15.8. The fourth-order valence-corrected chi connectivity index (χ4v) is 3.28. The third-order valence-corrected chi connectivity index (χ3v) is 4.58. The average molecular weight is 408 g/mol. The van der Waals surface area contributed by atoms with Gasteiger partial charge < -0.3 is 24.1 Å². The van der Waals surface area contributed by atoms with Gasteiger partial charge in [0.05, 0.1) is 18.3 Å². The maximum Gasteiger partial charge on any atom is 0.313 e. The number of nitrogens with two attached hydrogens (primary N) is 1. The number of benzene rings is 2. The first-order valence-electron chi connectivity index (χ1n) is 9.43. The molecule has 2 N–H and O–H groups in total. The van der Waals surface area contributed by atoms with Gasteiger partial charge in [0.1, 0.15) is 17.2 Å². The van der Waals surface area contributed by atoms with E-state index in [4.69, 9.17) is 28.2 Å². The number of ether oxygens (including phenoxy) is 3. The molecule has 1 aliphatic rings. The van der Waals surface area contributed by atoms with Crippen molar-refractivity contribution in [2.75, 3.05) is 14.2 Å². The first kappa shape index (κ1) is 15.8. The Labute approximate surface area is 166 Å². The third kappa shape index (κ3) is 4.04. The van der Waals surface area contributed by atoms with E-state index in [0.717, 1.165) is 0 Å². The minimum atomic E-state index is -5.06. The van der Waals surface area contributed by atoms with Crippen molar-refractivity contribution in [1.82, 2.24) is 0 Å². The highest BCUT2D eigenvalue weighted by Crippen LogP contribution is 2.38. The molecule has 0 saturated heterocycles. The molecule has 0 spiro atoms. The second kappa shape index (κ2) is 7.81. The summed E-state index contributed by atoms with van der Waals surface area (Å²) in [7, 11) is -2.35. The van der Waals surface area contributed by atoms with Crippen molar-refractivity contribution < 1.29 is 35.7 Å². The zero-order valence-electron chi connectivity index (χ0n) is 18.0. The molecule has 0 aromatic heterocycles. The van der Waals surface area contributed by atoms with E-state index in [0.29, 0.717) is 5.75 Å². The van der Waals surface area contributed by atoms with Gasteiger partial charge in [0.15, 0.2) is 6.08 Å². The van der Waals surface area contributed by atoms with E-state index in [1.807, 2.05) is 0 Å². The minimum Gasteiger partial charge on any atom is -0.497 e. The van der Waals surface area contributed by atoms with E-state index in [1.165, 1.54) is 56.7 Å². The van der Waals surface area contributed by atoms with Gasteiger partial charge in [0, 0.05) is 11.6 Å². The second-order valence-corrected chi connectivity index (χ2v) is 6.80. The molecule has 8 nitrogen and oxygen atoms in total. The minimum absolute atomic E-state index is 0.0548. The number of rotatable bonds is 7. The molecule has 0 bridgehead atoms. The summed E-state index contributed by atoms with van der Waals surface area (Å²) >= 11 is 0. The molecule has 0 unspecified atom stereocenters. The van der Waals surface area contributed by atoms with Crippen molar-refractivity contribution in [2.45, 2.75) is 11.8 Å². The summed E-state index contributed by atoms with van der Waals surface area (Å²) in [5, 5.41) is 0. The normalized spacial score (nSPS) is 21.4. The molecule has 2 aromatic rings. The lowest BCUT2D eigenvalue weighted by molar-refractivity contribution is -0.123. The van der Waals surface area contributed by atoms with E-state index in [1.54, 1.807) is 6.07 Å². The standard InChI is InChI=1S/C19H19NO7S/c1-24-13-8-9-14(15(10-13)25-2)17-16(21)18(19(20)26-17)27-28(22,23)11-12-6-4-3-5-7-12/h3-10,17H,11,20H2,1-2H3/t17-/m1/s1/i11D2,17D. The van der Waals surface area contributed by atoms with Crippen LogP contribution in [0.1, 0.15) is 21.3 Å². The Morgan fingerprint density at radius 1 is 1.18 bits per heavy atom. The summed E-state index contributed by atoms with van der Waals surface area (Å²) in [4.78, 5) is 13.0. The SMILES string of the molecule is [2H]C([2H])(c1ccccc1)S(=O)(=O)OC1=C(N)O[C@]([2H])(c2ccc(OC)cc2OC)C1=O. The number of ketones is 1. The van der Waals surface area contributed by atoms with Crippen LogP contribution in [0, 0.1) is 0 Å². The molecular weight excluding hydrogens is 386 g/mol. The highest BCUT2D eigenvalue weighted by molar-refractivity contribution is 7.86. The van der Waals surface area contributed by atoms with Gasteiger partial charge in [-0.2, -0.15) is 8.42 Å². The second-order valence-electron chi connectivity index (χ2n) is 5.53. The van der Waals surface area contributed by atoms with Gasteiger partial charge in [-0.3, -0.25) is 4.79 Å². The molecule has 3 rings (SSSR count). The molecule has 28 heavy (non-hydrogen) atoms. The molecule has 9 heteroatoms. The zero-order chi connectivity index (χ0) is 23.0. The first-order chi connectivity index (χ1) is 14.5. The fraction of sp³-hybridized carbons (Fsp3) is 0.211. The average Bonchev–Trinajstić information content (AvgIpc) is 2.97. The molecular formula is C19H19NO7S. The van der Waals surface area contributed by atoms with Crippen LogP contribution < -0.4 is 15.2 Å². The first-order valence-corrected chi connectivity index (χ1v) is 9.34. The monoisotopic (exact) mass is 408 g/mol. The van der Waals surface area contributed by atoms with Crippen molar-refractivity contribution in [3.63, 3.8) is 0 Å². The molecule has 0 radical (unpaired) electrons. The number of hydrogen-bond donors (Lipinski definition) is 1. The van der Waals surface area contributed by atoms with Gasteiger partial charge in [-0.05, 0) is 17.7 Å². The lowest BCUT2D eigenvalue weighted by Crippen LogP contribution is -2.16. The van der Waals surface area contributed by atoms with Gasteiger partial charge in [-0.1, -0.05) is 30.3 Å². The van der Waals surface area contributed by atoms with Crippen LogP contribution in [0.5, 0.6) is 11.5 Å². The van der Waals surface area contributed by atoms with Crippen LogP contribution in [-0.4, -0.2) is 28.4 Å². The van der Waals surface area contributed by atoms with Gasteiger partial charge >= 0.3 is 10.1 Å². The maximum atomic E-state index is 13.0. The summed E-state index contributed by atoms with van der Waals surface area (Å²) in [6.07, 6.45) is -2.51. The molecule has 1 heterocycles. The summed E-state index contributed by atoms with van der Waals surface area (Å²) in [5.41, 5.74) is 2.36. The topological polar surface area (TPSA) is 114 Å². The Kier molecular flexibility index (Phi) is 4.41. The van der Waals surface area contributed by atoms with Gasteiger partial charge in [0.2, 0.25) is 17.4 Å². The summed E-state index contributed by atoms with van der Waals surface area (Å²) < 4.78 is 70.0. The van der Waals surface area contributed by atoms with Gasteiger partial charge in [0.25, 0.3) is 0 Å². The predicted molar refractivity (Wildman–Crippen MR) is 99.7 cm³/mol. The van der Waals surface area contributed by atoms with Gasteiger partial charge in [-0.25, -0.2) is 0 Å². The van der Waals surface area contributed by atoms with Crippen molar-refractivity contribution in [1.29, 1.82) is 0 Å². The Bertz CT molecular complexity index is 1150. The molecule has 0 aliphatic carbocycles. The van der Waals surface area contributed by atoms with E-state index in [-0.39, 0.29) is 16.9 Å². The van der Waals surface area contributed by atoms with Crippen molar-refractivity contribution in [2.24, 2.45) is 5.73 Å². The third-order valence-electron chi connectivity index (χ3n) is 3.71. The van der Waals surface area contributed by atoms with Crippen LogP contribution in [0.3, 0.4) is 0 Å². The Morgan fingerprint density at radius 2 is 1.89 bits per heavy atom. The Hall–Kier alpha value is -3.20. The lowest BCUT2D eigenvalue weighted by atomic mass is 10.0. The smallest absolute Gasteiger partial charge is 0.313 e. The van der Waals surface area contributed by atoms with Crippen LogP contribution in [-0.2, 0) is 29.5 Å². The summed E-state index contributed by atoms with van der Waals surface area (Å²) in [6, 6.07) is 11.2. The van der Waals surface area contributed by atoms with Crippen LogP contribution >= 0.6 is 0 Å². The van der Waals surface area contributed by atoms with Crippen molar-refractivity contribution in [3.05, 3.63) is 71.3 Å². The number of methoxy groups -OCH3 is 2. The van der Waals surface area contributed by atoms with Crippen molar-refractivity contribution >= 4 is 15.9 Å². The van der Waals surface area contributed by atoms with Crippen LogP contribution in [0.25, 0.3) is 0 Å². The quantitative estimate of drug-likeness (QED) is 0.692. The Morgan fingerprint density at radius 3 is 2.54 bits per heavy atom. The Balaban J connectivity index is 1.97. The molecule has 1 atom stereocenters. The summed E-state index contributed by atoms with van der Waals surface area (Å²) in [5.74, 6) is -2.57. The predicted octanol–water partition coefficient (Wildman–Crippen LogP) is 2.02. The molecule has 2 aromatic carbocycles. The number of carbonyl (C=O) groups is 1. The van der Waals surface area contributed by atoms with Crippen LogP contribution in [0.2, 0.25) is 0 Å². The highest BCUT2D eigenvalue weighted by Gasteiger charge is 2.41. The van der Waals surface area contributed by atoms with Gasteiger partial charge in [-0.15, -0.1) is 0 Å². The number of carbonyl (C=O) groups excluding carboxylic acids is 1. The molecule has 0 saturated carbocycles. The molecule has 0 amide bonds. The number of hydrogen-bond acceptors (Lipinski definition) is 8. The van der Waals surface area contributed by atoms with Crippen LogP contribution in [0.15, 0.2) is 60.2 Å². The van der Waals surface area contributed by atoms with E-state index >= 15 is 0 Å². The van der Waals surface area contributed by atoms with E-state index in [9.17, 15) is 13.2 Å². The summed E-state index contributed by atoms with van der Waals surface area (Å²) in [6.45, 7) is 0. The maximum absolute atomic E-state index is 13.0. The largest absolute Gasteiger partial charge is 0.497 e. The van der Waals surface area contributed by atoms with E-state index < -0.39 is 39.3 Å². The highest BCUT2D eigenvalue weighted by atomic mass is 32.2.